The van der Waals surface area contributed by atoms with E-state index in [1.165, 1.54) is 48.5 Å². The van der Waals surface area contributed by atoms with Gasteiger partial charge < -0.3 is 9.47 Å². The zero-order valence-corrected chi connectivity index (χ0v) is 48.0. The number of benzene rings is 7. The van der Waals surface area contributed by atoms with E-state index < -0.39 is 167 Å². The lowest BCUT2D eigenvalue weighted by Gasteiger charge is -2.42. The molecular formula is C57H22F40N4O2. The Balaban J connectivity index is 1.18. The number of nitrogens with zero attached hydrogens (tertiary/aromatic N) is 4. The van der Waals surface area contributed by atoms with Gasteiger partial charge >= 0.3 is 120 Å². The molecule has 9 rings (SSSR count). The van der Waals surface area contributed by atoms with Crippen LogP contribution < -0.4 is 9.47 Å². The molecule has 9 aromatic rings. The van der Waals surface area contributed by atoms with Crippen molar-refractivity contribution < 1.29 is 185 Å². The minimum Gasteiger partial charge on any atom is -0.457 e. The molecule has 0 fully saturated rings. The number of aromatic nitrogens is 4. The highest BCUT2D eigenvalue weighted by atomic mass is 19.5. The number of halogens is 40. The first-order valence-corrected chi connectivity index (χ1v) is 26.7. The molecule has 0 unspecified atom stereocenters. The molecule has 103 heavy (non-hydrogen) atoms. The molecule has 0 N–H and O–H groups in total. The maximum absolute atomic E-state index is 15.3. The topological polar surface area (TPSA) is 62.1 Å². The minimum absolute atomic E-state index is 0.00758. The van der Waals surface area contributed by atoms with Gasteiger partial charge in [0.1, 0.15) is 0 Å². The normalized spacial score (nSPS) is 15.1. The predicted molar refractivity (Wildman–Crippen MR) is 271 cm³/mol. The third-order valence-electron chi connectivity index (χ3n) is 15.6. The summed E-state index contributed by atoms with van der Waals surface area (Å²) in [6, 6.07) is 13.4. The van der Waals surface area contributed by atoms with Crippen molar-refractivity contribution in [1.29, 1.82) is 0 Å². The van der Waals surface area contributed by atoms with Gasteiger partial charge in [-0.25, -0.2) is 0 Å². The summed E-state index contributed by atoms with van der Waals surface area (Å²) in [5, 5.41) is 0.450. The average Bonchev–Trinajstić information content (AvgIpc) is 0.984. The number of rotatable bonds is 21. The molecule has 2 aromatic heterocycles. The van der Waals surface area contributed by atoms with E-state index in [-0.39, 0.29) is 65.8 Å². The molecule has 0 aliphatic rings. The number of para-hydroxylation sites is 1. The number of alkyl halides is 40. The monoisotopic (exact) mass is 1550 g/mol. The highest BCUT2D eigenvalue weighted by Gasteiger charge is 2.97. The lowest BCUT2D eigenvalue weighted by Crippen LogP contribution is -2.74. The van der Waals surface area contributed by atoms with Gasteiger partial charge in [-0.3, -0.25) is 4.57 Å². The molecule has 0 spiro atoms. The quantitative estimate of drug-likeness (QED) is 0.0530. The van der Waals surface area contributed by atoms with Gasteiger partial charge in [0, 0.05) is 10.8 Å². The molecule has 0 aliphatic carbocycles. The van der Waals surface area contributed by atoms with E-state index in [9.17, 15) is 140 Å². The van der Waals surface area contributed by atoms with E-state index in [1.807, 2.05) is 0 Å². The highest BCUT2D eigenvalue weighted by Crippen LogP contribution is 2.66. The Morgan fingerprint density at radius 3 is 0.981 bits per heavy atom. The van der Waals surface area contributed by atoms with Crippen LogP contribution in [0.3, 0.4) is 0 Å². The lowest BCUT2D eigenvalue weighted by atomic mass is 9.85. The van der Waals surface area contributed by atoms with Crippen molar-refractivity contribution in [1.82, 2.24) is 19.5 Å². The first-order chi connectivity index (χ1) is 46.2. The molecule has 6 nitrogen and oxygen atoms in total. The van der Waals surface area contributed by atoms with Gasteiger partial charge in [0.05, 0.1) is 22.2 Å². The summed E-state index contributed by atoms with van der Waals surface area (Å²) in [6.07, 6.45) is -27.0. The molecular weight excluding hydrogens is 1530 g/mol. The van der Waals surface area contributed by atoms with Crippen molar-refractivity contribution in [3.8, 4) is 40.2 Å². The largest absolute Gasteiger partial charge is 0.460 e. The van der Waals surface area contributed by atoms with Crippen LogP contribution in [0.5, 0.6) is 12.0 Å². The van der Waals surface area contributed by atoms with Crippen LogP contribution in [0.25, 0.3) is 82.3 Å². The summed E-state index contributed by atoms with van der Waals surface area (Å²) in [7, 11) is 0. The summed E-state index contributed by atoms with van der Waals surface area (Å²) in [6.45, 7) is -8.17. The van der Waals surface area contributed by atoms with Gasteiger partial charge in [-0.2, -0.15) is 186 Å². The van der Waals surface area contributed by atoms with E-state index in [2.05, 4.69) is 24.4 Å². The van der Waals surface area contributed by atoms with Gasteiger partial charge in [0.15, 0.2) is 13.2 Å². The molecule has 0 atom stereocenters. The Kier molecular flexibility index (Phi) is 17.8. The number of fused-ring (bicyclic) bond motifs is 3. The zero-order valence-electron chi connectivity index (χ0n) is 48.0. The molecule has 0 radical (unpaired) electrons. The van der Waals surface area contributed by atoms with Gasteiger partial charge in [0.2, 0.25) is 5.95 Å². The van der Waals surface area contributed by atoms with Crippen molar-refractivity contribution in [2.45, 2.75) is 108 Å². The fourth-order valence-corrected chi connectivity index (χ4v) is 10.2. The van der Waals surface area contributed by atoms with Gasteiger partial charge in [-0.1, -0.05) is 60.7 Å². The van der Waals surface area contributed by atoms with E-state index in [0.717, 1.165) is 42.5 Å². The molecule has 0 saturated heterocycles. The third-order valence-corrected chi connectivity index (χ3v) is 15.6. The van der Waals surface area contributed by atoms with E-state index in [1.54, 1.807) is 0 Å². The summed E-state index contributed by atoms with van der Waals surface area (Å²) >= 11 is 0. The molecule has 0 saturated carbocycles. The van der Waals surface area contributed by atoms with Crippen LogP contribution in [0.4, 0.5) is 176 Å². The van der Waals surface area contributed by atoms with Crippen LogP contribution in [0.2, 0.25) is 0 Å². The van der Waals surface area contributed by atoms with Crippen LogP contribution in [0.1, 0.15) is 11.1 Å². The molecule has 562 valence electrons. The van der Waals surface area contributed by atoms with Gasteiger partial charge in [-0.05, 0) is 103 Å². The van der Waals surface area contributed by atoms with E-state index in [4.69, 9.17) is 0 Å². The Morgan fingerprint density at radius 1 is 0.282 bits per heavy atom. The van der Waals surface area contributed by atoms with Crippen molar-refractivity contribution >= 4 is 54.1 Å². The molecule has 2 heterocycles. The minimum atomic E-state index is -9.24. The van der Waals surface area contributed by atoms with Crippen molar-refractivity contribution in [2.75, 3.05) is 13.2 Å². The number of hydrogen-bond donors (Lipinski definition) is 0. The number of hydrogen-bond acceptors (Lipinski definition) is 5. The highest BCUT2D eigenvalue weighted by molar-refractivity contribution is 6.29. The van der Waals surface area contributed by atoms with Crippen molar-refractivity contribution in [3.05, 3.63) is 120 Å². The summed E-state index contributed by atoms with van der Waals surface area (Å²) in [4.78, 5) is 8.76. The second-order valence-corrected chi connectivity index (χ2v) is 22.1. The van der Waals surface area contributed by atoms with Crippen LogP contribution in [-0.4, -0.2) is 128 Å². The second kappa shape index (κ2) is 23.3. The first kappa shape index (κ1) is 78.3. The van der Waals surface area contributed by atoms with E-state index in [0.29, 0.717) is 16.7 Å². The molecule has 0 amide bonds. The molecule has 0 bridgehead atoms. The zero-order chi connectivity index (χ0) is 78.2. The van der Waals surface area contributed by atoms with Gasteiger partial charge in [0.25, 0.3) is 0 Å². The summed E-state index contributed by atoms with van der Waals surface area (Å²) < 4.78 is 574. The predicted octanol–water partition coefficient (Wildman–Crippen LogP) is 22.0. The molecule has 0 aliphatic heterocycles. The fraction of sp³-hybridized carbons (Fsp3) is 0.351. The first-order valence-electron chi connectivity index (χ1n) is 26.7. The standard InChI is InChI=1S/C57H22F40N4O2/c58-40(59,44(68,69)46(72,73)48(76,77)50(80,81)52(84,85)54(88,89)56(92,93)94)19-102-38-98-37(99-39(100-38)103-20-41(60,61)45(70,71)47(74,75)49(78,79)51(82,83)53(86,87)55(90,91)57(95,96)97)101-33-10-2-1-7-27(33)32-15-21(11-12-34(32)101)30-16-22-5-4-9-29-31(17-23-6-3-8-28(30)35(23)36(22)29)24-13-25(42(62,63)64)18-26(14-24)43(65,66)67/h1-18H,19-20H2. The molecule has 46 heteroatoms. The second-order valence-electron chi connectivity index (χ2n) is 22.1. The molecule has 7 aromatic carbocycles. The lowest BCUT2D eigenvalue weighted by molar-refractivity contribution is -0.462. The van der Waals surface area contributed by atoms with Crippen LogP contribution in [-0.2, 0) is 12.4 Å². The van der Waals surface area contributed by atoms with Crippen molar-refractivity contribution in [3.63, 3.8) is 0 Å². The maximum atomic E-state index is 15.3. The third kappa shape index (κ3) is 11.4. The van der Waals surface area contributed by atoms with Crippen LogP contribution in [0.15, 0.2) is 109 Å². The Hall–Kier alpha value is -8.81. The Bertz CT molecular complexity index is 4600. The van der Waals surface area contributed by atoms with Crippen molar-refractivity contribution in [2.24, 2.45) is 0 Å². The summed E-state index contributed by atoms with van der Waals surface area (Å²) in [5.41, 5.74) is -5.20. The SMILES string of the molecule is FC(F)(F)c1cc(-c2cc3cccc4c(-c5ccc6c(c5)c5ccccc5n6-c5nc(OCC(F)(F)C(F)(F)C(F)(F)C(F)(F)C(F)(F)C(F)(F)C(F)(F)C(F)(F)F)nc(OCC(F)(F)C(F)(F)C(F)(F)C(F)(F)C(F)(F)C(F)(F)C(F)(F)C(F)(F)F)n5)cc5cccc2c5c34)cc(C(F)(F)F)c1. The summed E-state index contributed by atoms with van der Waals surface area (Å²) in [5.74, 6) is -125. The Morgan fingerprint density at radius 2 is 0.612 bits per heavy atom. The Labute approximate surface area is 539 Å². The van der Waals surface area contributed by atoms with Crippen LogP contribution in [0, 0.1) is 0 Å². The van der Waals surface area contributed by atoms with E-state index >= 15 is 35.1 Å². The number of ether oxygens (including phenoxy) is 2. The fourth-order valence-electron chi connectivity index (χ4n) is 10.2. The van der Waals surface area contributed by atoms with Gasteiger partial charge in [-0.15, -0.1) is 4.98 Å². The average molecular weight is 1550 g/mol. The smallest absolute Gasteiger partial charge is 0.457 e. The van der Waals surface area contributed by atoms with Crippen LogP contribution >= 0.6 is 0 Å². The maximum Gasteiger partial charge on any atom is 0.460 e.